The van der Waals surface area contributed by atoms with Gasteiger partial charge in [-0.25, -0.2) is 4.99 Å². The van der Waals surface area contributed by atoms with Gasteiger partial charge in [-0.2, -0.15) is 4.98 Å². The highest BCUT2D eigenvalue weighted by molar-refractivity contribution is 6.45. The van der Waals surface area contributed by atoms with Crippen LogP contribution in [-0.2, 0) is 16.1 Å². The number of nitrogens with one attached hydrogen (secondary N) is 2. The highest BCUT2D eigenvalue weighted by Gasteiger charge is 2.24. The Kier molecular flexibility index (Phi) is 1.94. The largest absolute Gasteiger partial charge is 0.343 e. The number of guanidine groups is 1. The molecular weight excluding hydrogens is 190 g/mol. The summed E-state index contributed by atoms with van der Waals surface area (Å²) in [7, 11) is 0. The number of aromatic nitrogens is 2. The first-order valence-electron chi connectivity index (χ1n) is 3.68. The van der Waals surface area contributed by atoms with E-state index in [4.69, 9.17) is 0 Å². The minimum absolute atomic E-state index is 0.102. The zero-order chi connectivity index (χ0) is 9.97. The lowest BCUT2D eigenvalue weighted by Crippen LogP contribution is -2.25. The van der Waals surface area contributed by atoms with E-state index in [1.807, 2.05) is 0 Å². The summed E-state index contributed by atoms with van der Waals surface area (Å²) >= 11 is 0. The van der Waals surface area contributed by atoms with Gasteiger partial charge in [-0.3, -0.25) is 20.2 Å². The number of amides is 2. The van der Waals surface area contributed by atoms with Crippen LogP contribution in [0.1, 0.15) is 5.82 Å². The smallest absolute Gasteiger partial charge is 0.316 e. The molecule has 1 fully saturated rings. The average Bonchev–Trinajstić information content (AvgIpc) is 2.74. The molecule has 0 aliphatic carbocycles. The van der Waals surface area contributed by atoms with E-state index in [9.17, 15) is 9.59 Å². The van der Waals surface area contributed by atoms with Crippen LogP contribution in [0, 0.1) is 0 Å². The number of nitrogens with zero attached hydrogens (tertiary/aromatic N) is 3. The van der Waals surface area contributed by atoms with Crippen LogP contribution in [0.25, 0.3) is 0 Å². The van der Waals surface area contributed by atoms with Gasteiger partial charge in [0.25, 0.3) is 0 Å². The number of carbonyl (C=O) groups is 2. The highest BCUT2D eigenvalue weighted by atomic mass is 16.5. The molecule has 0 unspecified atom stereocenters. The second kappa shape index (κ2) is 3.24. The Labute approximate surface area is 77.4 Å². The predicted octanol–water partition coefficient (Wildman–Crippen LogP) is -1.83. The topological polar surface area (TPSA) is 109 Å². The van der Waals surface area contributed by atoms with Crippen LogP contribution >= 0.6 is 0 Å². The van der Waals surface area contributed by atoms with E-state index < -0.39 is 11.8 Å². The molecule has 0 spiro atoms. The van der Waals surface area contributed by atoms with Gasteiger partial charge in [0.2, 0.25) is 12.4 Å². The normalized spacial score (nSPS) is 15.3. The fourth-order valence-corrected chi connectivity index (χ4v) is 0.851. The minimum Gasteiger partial charge on any atom is -0.343 e. The molecule has 1 aliphatic heterocycles. The van der Waals surface area contributed by atoms with Crippen molar-refractivity contribution in [3.8, 4) is 0 Å². The van der Waals surface area contributed by atoms with Gasteiger partial charge in [0.1, 0.15) is 6.54 Å². The molecule has 1 saturated heterocycles. The molecule has 8 nitrogen and oxygen atoms in total. The van der Waals surface area contributed by atoms with E-state index in [2.05, 4.69) is 30.3 Å². The Morgan fingerprint density at radius 2 is 2.07 bits per heavy atom. The van der Waals surface area contributed by atoms with Crippen LogP contribution in [0.2, 0.25) is 0 Å². The molecule has 1 aromatic rings. The molecule has 2 amide bonds. The van der Waals surface area contributed by atoms with Crippen LogP contribution < -0.4 is 10.6 Å². The van der Waals surface area contributed by atoms with Gasteiger partial charge >= 0.3 is 11.8 Å². The number of aliphatic imine (C=N–C) groups is 1. The first-order valence-corrected chi connectivity index (χ1v) is 3.68. The number of hydrogen-bond acceptors (Lipinski definition) is 6. The SMILES string of the molecule is O=C1NC(=NCc2ncon2)NC1=O. The summed E-state index contributed by atoms with van der Waals surface area (Å²) in [6.45, 7) is 0.131. The third-order valence-electron chi connectivity index (χ3n) is 1.46. The molecule has 2 heterocycles. The van der Waals surface area contributed by atoms with Gasteiger partial charge in [0, 0.05) is 0 Å². The van der Waals surface area contributed by atoms with Crippen LogP contribution in [0.4, 0.5) is 0 Å². The van der Waals surface area contributed by atoms with Crippen LogP contribution in [0.3, 0.4) is 0 Å². The molecule has 72 valence electrons. The fraction of sp³-hybridized carbons (Fsp3) is 0.167. The highest BCUT2D eigenvalue weighted by Crippen LogP contribution is 1.92. The van der Waals surface area contributed by atoms with Crippen molar-refractivity contribution < 1.29 is 14.1 Å². The van der Waals surface area contributed by atoms with Gasteiger partial charge in [0.15, 0.2) is 5.82 Å². The third kappa shape index (κ3) is 1.58. The first-order chi connectivity index (χ1) is 6.75. The van der Waals surface area contributed by atoms with Gasteiger partial charge in [0.05, 0.1) is 0 Å². The monoisotopic (exact) mass is 195 g/mol. The van der Waals surface area contributed by atoms with Crippen molar-refractivity contribution in [3.63, 3.8) is 0 Å². The van der Waals surface area contributed by atoms with Crippen molar-refractivity contribution in [3.05, 3.63) is 12.2 Å². The zero-order valence-electron chi connectivity index (χ0n) is 6.85. The molecule has 0 atom stereocenters. The maximum Gasteiger partial charge on any atom is 0.316 e. The quantitative estimate of drug-likeness (QED) is 0.539. The van der Waals surface area contributed by atoms with E-state index in [0.29, 0.717) is 5.82 Å². The van der Waals surface area contributed by atoms with Crippen LogP contribution in [0.15, 0.2) is 15.9 Å². The summed E-state index contributed by atoms with van der Waals surface area (Å²) in [6.07, 6.45) is 1.17. The summed E-state index contributed by atoms with van der Waals surface area (Å²) in [5.41, 5.74) is 0. The summed E-state index contributed by atoms with van der Waals surface area (Å²) in [5, 5.41) is 7.96. The summed E-state index contributed by atoms with van der Waals surface area (Å²) in [4.78, 5) is 28.9. The third-order valence-corrected chi connectivity index (χ3v) is 1.46. The molecule has 14 heavy (non-hydrogen) atoms. The second-order valence-electron chi connectivity index (χ2n) is 2.42. The standard InChI is InChI=1S/C6H5N5O3/c12-4-5(13)10-6(9-4)7-1-3-8-2-14-11-3/h2H,1H2,(H2,7,9,10,12,13). The summed E-state index contributed by atoms with van der Waals surface area (Å²) in [5.74, 6) is -0.980. The van der Waals surface area contributed by atoms with Crippen molar-refractivity contribution >= 4 is 17.8 Å². The predicted molar refractivity (Wildman–Crippen MR) is 41.7 cm³/mol. The van der Waals surface area contributed by atoms with Crippen molar-refractivity contribution in [1.82, 2.24) is 20.8 Å². The Balaban J connectivity index is 2.00. The Morgan fingerprint density at radius 3 is 2.64 bits per heavy atom. The van der Waals surface area contributed by atoms with Crippen molar-refractivity contribution in [2.24, 2.45) is 4.99 Å². The maximum absolute atomic E-state index is 10.7. The van der Waals surface area contributed by atoms with E-state index >= 15 is 0 Å². The van der Waals surface area contributed by atoms with Gasteiger partial charge in [-0.1, -0.05) is 5.16 Å². The van der Waals surface area contributed by atoms with Crippen molar-refractivity contribution in [2.75, 3.05) is 0 Å². The molecule has 1 aliphatic rings. The molecular formula is C6H5N5O3. The zero-order valence-corrected chi connectivity index (χ0v) is 6.85. The van der Waals surface area contributed by atoms with Crippen molar-refractivity contribution in [2.45, 2.75) is 6.54 Å². The molecule has 0 bridgehead atoms. The number of hydrogen-bond donors (Lipinski definition) is 2. The van der Waals surface area contributed by atoms with E-state index in [1.165, 1.54) is 6.39 Å². The van der Waals surface area contributed by atoms with E-state index in [-0.39, 0.29) is 12.5 Å². The van der Waals surface area contributed by atoms with Gasteiger partial charge in [-0.15, -0.1) is 0 Å². The average molecular weight is 195 g/mol. The van der Waals surface area contributed by atoms with E-state index in [0.717, 1.165) is 0 Å². The molecule has 0 radical (unpaired) electrons. The fourth-order valence-electron chi connectivity index (χ4n) is 0.851. The lowest BCUT2D eigenvalue weighted by atomic mass is 10.6. The Morgan fingerprint density at radius 1 is 1.36 bits per heavy atom. The first kappa shape index (κ1) is 8.35. The summed E-state index contributed by atoms with van der Waals surface area (Å²) in [6, 6.07) is 0. The molecule has 0 saturated carbocycles. The number of rotatable bonds is 2. The molecule has 2 rings (SSSR count). The maximum atomic E-state index is 10.7. The van der Waals surface area contributed by atoms with Crippen molar-refractivity contribution in [1.29, 1.82) is 0 Å². The Bertz CT molecular complexity index is 378. The molecule has 8 heteroatoms. The number of carbonyl (C=O) groups excluding carboxylic acids is 2. The molecule has 1 aromatic heterocycles. The van der Waals surface area contributed by atoms with E-state index in [1.54, 1.807) is 0 Å². The van der Waals surface area contributed by atoms with Gasteiger partial charge < -0.3 is 4.52 Å². The Hall–Kier alpha value is -2.25. The lowest BCUT2D eigenvalue weighted by Gasteiger charge is -1.92. The summed E-state index contributed by atoms with van der Waals surface area (Å²) < 4.78 is 4.47. The molecule has 2 N–H and O–H groups in total. The second-order valence-corrected chi connectivity index (χ2v) is 2.42. The van der Waals surface area contributed by atoms with Crippen LogP contribution in [0.5, 0.6) is 0 Å². The lowest BCUT2D eigenvalue weighted by molar-refractivity contribution is -0.135. The molecule has 0 aromatic carbocycles. The minimum atomic E-state index is -0.725. The van der Waals surface area contributed by atoms with Crippen LogP contribution in [-0.4, -0.2) is 27.9 Å². The van der Waals surface area contributed by atoms with Gasteiger partial charge in [-0.05, 0) is 0 Å².